The molecule has 3 aromatic rings. The number of aromatic nitrogens is 1. The van der Waals surface area contributed by atoms with Crippen molar-refractivity contribution in [3.8, 4) is 0 Å². The summed E-state index contributed by atoms with van der Waals surface area (Å²) in [7, 11) is 1.33. The molecule has 0 saturated heterocycles. The summed E-state index contributed by atoms with van der Waals surface area (Å²) < 4.78 is 19.7. The molecule has 1 heterocycles. The van der Waals surface area contributed by atoms with Gasteiger partial charge in [-0.1, -0.05) is 18.2 Å². The van der Waals surface area contributed by atoms with Gasteiger partial charge in [-0.15, -0.1) is 0 Å². The van der Waals surface area contributed by atoms with Crippen molar-refractivity contribution in [2.75, 3.05) is 18.6 Å². The van der Waals surface area contributed by atoms with E-state index in [9.17, 15) is 14.0 Å². The van der Waals surface area contributed by atoms with Crippen molar-refractivity contribution in [2.24, 2.45) is 0 Å². The van der Waals surface area contributed by atoms with E-state index in [1.54, 1.807) is 27.8 Å². The van der Waals surface area contributed by atoms with Gasteiger partial charge < -0.3 is 14.2 Å². The van der Waals surface area contributed by atoms with Crippen molar-refractivity contribution in [1.29, 1.82) is 0 Å². The van der Waals surface area contributed by atoms with Gasteiger partial charge in [-0.25, -0.2) is 9.18 Å². The number of benzene rings is 2. The second-order valence-corrected chi connectivity index (χ2v) is 5.79. The molecule has 5 nitrogen and oxygen atoms in total. The highest BCUT2D eigenvalue weighted by molar-refractivity contribution is 6.05. The molecule has 0 unspecified atom stereocenters. The average molecular weight is 354 g/mol. The first-order valence-electron chi connectivity index (χ1n) is 8.27. The predicted molar refractivity (Wildman–Crippen MR) is 97.7 cm³/mol. The van der Waals surface area contributed by atoms with Crippen LogP contribution in [0.4, 0.5) is 10.1 Å². The van der Waals surface area contributed by atoms with Gasteiger partial charge in [0.2, 0.25) is 5.91 Å². The van der Waals surface area contributed by atoms with E-state index >= 15 is 0 Å². The average Bonchev–Trinajstić information content (AvgIpc) is 3.02. The molecule has 0 aliphatic heterocycles. The van der Waals surface area contributed by atoms with Crippen molar-refractivity contribution in [1.82, 2.24) is 4.57 Å². The summed E-state index contributed by atoms with van der Waals surface area (Å²) in [6.45, 7) is 2.37. The summed E-state index contributed by atoms with van der Waals surface area (Å²) in [6, 6.07) is 13.1. The van der Waals surface area contributed by atoms with Crippen molar-refractivity contribution in [2.45, 2.75) is 13.5 Å². The van der Waals surface area contributed by atoms with Crippen molar-refractivity contribution in [3.63, 3.8) is 0 Å². The fourth-order valence-electron chi connectivity index (χ4n) is 3.01. The molecule has 0 N–H and O–H groups in total. The monoisotopic (exact) mass is 354 g/mol. The zero-order chi connectivity index (χ0) is 18.7. The smallest absolute Gasteiger partial charge is 0.340 e. The number of likely N-dealkylation sites (N-methyl/N-ethyl adjacent to an activating group) is 1. The number of amides is 1. The summed E-state index contributed by atoms with van der Waals surface area (Å²) in [5.74, 6) is -0.953. The molecule has 134 valence electrons. The Morgan fingerprint density at radius 3 is 2.46 bits per heavy atom. The van der Waals surface area contributed by atoms with Crippen molar-refractivity contribution < 1.29 is 18.7 Å². The van der Waals surface area contributed by atoms with Gasteiger partial charge in [-0.2, -0.15) is 0 Å². The second-order valence-electron chi connectivity index (χ2n) is 5.79. The maximum Gasteiger partial charge on any atom is 0.340 e. The molecule has 0 fully saturated rings. The first-order valence-corrected chi connectivity index (χ1v) is 8.27. The van der Waals surface area contributed by atoms with Gasteiger partial charge in [-0.05, 0) is 37.3 Å². The number of nitrogens with zero attached hydrogens (tertiary/aromatic N) is 2. The fourth-order valence-corrected chi connectivity index (χ4v) is 3.01. The Hall–Kier alpha value is -3.15. The normalized spacial score (nSPS) is 10.7. The van der Waals surface area contributed by atoms with E-state index in [0.29, 0.717) is 17.8 Å². The van der Waals surface area contributed by atoms with E-state index in [1.807, 2.05) is 31.2 Å². The molecular formula is C20H19FN2O3. The third kappa shape index (κ3) is 3.31. The summed E-state index contributed by atoms with van der Waals surface area (Å²) in [6.07, 6.45) is 1.63. The Morgan fingerprint density at radius 1 is 1.12 bits per heavy atom. The lowest BCUT2D eigenvalue weighted by atomic mass is 10.2. The minimum atomic E-state index is -0.446. The molecule has 0 aliphatic rings. The summed E-state index contributed by atoms with van der Waals surface area (Å²) in [4.78, 5) is 26.4. The third-order valence-electron chi connectivity index (χ3n) is 4.26. The lowest BCUT2D eigenvalue weighted by Crippen LogP contribution is -2.33. The fraction of sp³-hybridized carbons (Fsp3) is 0.200. The Bertz CT molecular complexity index is 947. The maximum atomic E-state index is 13.1. The molecule has 26 heavy (non-hydrogen) atoms. The van der Waals surface area contributed by atoms with Gasteiger partial charge in [0.25, 0.3) is 0 Å². The Morgan fingerprint density at radius 2 is 1.81 bits per heavy atom. The summed E-state index contributed by atoms with van der Waals surface area (Å²) in [5.41, 5.74) is 1.82. The molecule has 0 spiro atoms. The van der Waals surface area contributed by atoms with Crippen LogP contribution in [-0.4, -0.2) is 30.1 Å². The molecular weight excluding hydrogens is 335 g/mol. The highest BCUT2D eigenvalue weighted by atomic mass is 19.1. The van der Waals surface area contributed by atoms with Crippen LogP contribution in [0.3, 0.4) is 0 Å². The summed E-state index contributed by atoms with van der Waals surface area (Å²) >= 11 is 0. The number of halogens is 1. The molecule has 1 aromatic heterocycles. The van der Waals surface area contributed by atoms with Crippen LogP contribution in [0.5, 0.6) is 0 Å². The summed E-state index contributed by atoms with van der Waals surface area (Å²) in [5, 5.41) is 0.733. The minimum Gasteiger partial charge on any atom is -0.465 e. The van der Waals surface area contributed by atoms with E-state index in [0.717, 1.165) is 10.9 Å². The van der Waals surface area contributed by atoms with Gasteiger partial charge in [0, 0.05) is 29.3 Å². The zero-order valence-electron chi connectivity index (χ0n) is 14.6. The van der Waals surface area contributed by atoms with E-state index < -0.39 is 5.97 Å². The van der Waals surface area contributed by atoms with E-state index in [2.05, 4.69) is 0 Å². The third-order valence-corrected chi connectivity index (χ3v) is 4.26. The van der Waals surface area contributed by atoms with Crippen LogP contribution in [0.1, 0.15) is 17.3 Å². The van der Waals surface area contributed by atoms with Gasteiger partial charge >= 0.3 is 5.97 Å². The van der Waals surface area contributed by atoms with E-state index in [-0.39, 0.29) is 18.3 Å². The van der Waals surface area contributed by atoms with Gasteiger partial charge in [0.05, 0.1) is 12.7 Å². The number of ether oxygens (including phenoxy) is 1. The standard InChI is InChI=1S/C20H19FN2O3/c1-3-23(15-10-8-14(21)9-11-15)19(24)13-22-12-17(20(25)26-2)16-6-4-5-7-18(16)22/h4-12H,3,13H2,1-2H3. The topological polar surface area (TPSA) is 51.5 Å². The van der Waals surface area contributed by atoms with Gasteiger partial charge in [-0.3, -0.25) is 4.79 Å². The van der Waals surface area contributed by atoms with Crippen LogP contribution in [0.25, 0.3) is 10.9 Å². The van der Waals surface area contributed by atoms with Gasteiger partial charge in [0.15, 0.2) is 0 Å². The van der Waals surface area contributed by atoms with Crippen LogP contribution < -0.4 is 4.90 Å². The Labute approximate surface area is 150 Å². The number of para-hydroxylation sites is 1. The maximum absolute atomic E-state index is 13.1. The molecule has 0 bridgehead atoms. The molecule has 6 heteroatoms. The largest absolute Gasteiger partial charge is 0.465 e. The first kappa shape index (κ1) is 17.7. The SMILES string of the molecule is CCN(C(=O)Cn1cc(C(=O)OC)c2ccccc21)c1ccc(F)cc1. The van der Waals surface area contributed by atoms with Crippen LogP contribution in [-0.2, 0) is 16.1 Å². The molecule has 0 saturated carbocycles. The lowest BCUT2D eigenvalue weighted by molar-refractivity contribution is -0.119. The van der Waals surface area contributed by atoms with Crippen LogP contribution in [0.15, 0.2) is 54.7 Å². The number of anilines is 1. The zero-order valence-corrected chi connectivity index (χ0v) is 14.6. The highest BCUT2D eigenvalue weighted by Gasteiger charge is 2.19. The van der Waals surface area contributed by atoms with Crippen LogP contribution in [0, 0.1) is 5.82 Å². The lowest BCUT2D eigenvalue weighted by Gasteiger charge is -2.21. The Balaban J connectivity index is 1.93. The quantitative estimate of drug-likeness (QED) is 0.658. The number of carbonyl (C=O) groups excluding carboxylic acids is 2. The number of carbonyl (C=O) groups is 2. The number of hydrogen-bond donors (Lipinski definition) is 0. The number of esters is 1. The number of rotatable bonds is 5. The Kier molecular flexibility index (Phi) is 5.02. The van der Waals surface area contributed by atoms with Crippen molar-refractivity contribution >= 4 is 28.5 Å². The second kappa shape index (κ2) is 7.39. The molecule has 0 aliphatic carbocycles. The number of hydrogen-bond acceptors (Lipinski definition) is 3. The van der Waals surface area contributed by atoms with Crippen LogP contribution in [0.2, 0.25) is 0 Å². The van der Waals surface area contributed by atoms with E-state index in [4.69, 9.17) is 4.74 Å². The highest BCUT2D eigenvalue weighted by Crippen LogP contribution is 2.23. The molecule has 0 atom stereocenters. The first-order chi connectivity index (χ1) is 12.5. The molecule has 2 aromatic carbocycles. The van der Waals surface area contributed by atoms with Gasteiger partial charge in [0.1, 0.15) is 12.4 Å². The molecule has 1 amide bonds. The van der Waals surface area contributed by atoms with E-state index in [1.165, 1.54) is 19.2 Å². The van der Waals surface area contributed by atoms with Crippen molar-refractivity contribution in [3.05, 3.63) is 66.1 Å². The molecule has 3 rings (SSSR count). The predicted octanol–water partition coefficient (Wildman–Crippen LogP) is 3.62. The van der Waals surface area contributed by atoms with Crippen LogP contribution >= 0.6 is 0 Å². The molecule has 0 radical (unpaired) electrons. The number of methoxy groups -OCH3 is 1. The minimum absolute atomic E-state index is 0.0583. The number of fused-ring (bicyclic) bond motifs is 1.